The molecule has 0 amide bonds. The van der Waals surface area contributed by atoms with E-state index in [0.717, 1.165) is 38.7 Å². The first-order valence-electron chi connectivity index (χ1n) is 6.65. The van der Waals surface area contributed by atoms with Crippen LogP contribution in [0.4, 0.5) is 0 Å². The molecule has 1 aliphatic rings. The minimum absolute atomic E-state index is 0.171. The summed E-state index contributed by atoms with van der Waals surface area (Å²) in [7, 11) is 1.68. The predicted octanol–water partition coefficient (Wildman–Crippen LogP) is 1.70. The number of ether oxygens (including phenoxy) is 3. The predicted molar refractivity (Wildman–Crippen MR) is 66.6 cm³/mol. The van der Waals surface area contributed by atoms with E-state index < -0.39 is 5.97 Å². The van der Waals surface area contributed by atoms with Crippen LogP contribution in [0.3, 0.4) is 0 Å². The molecular weight excluding hydrogens is 236 g/mol. The zero-order valence-corrected chi connectivity index (χ0v) is 11.1. The molecule has 0 radical (unpaired) electrons. The molecular formula is C13H24O5. The van der Waals surface area contributed by atoms with Gasteiger partial charge in [-0.2, -0.15) is 0 Å². The van der Waals surface area contributed by atoms with E-state index in [1.165, 1.54) is 0 Å². The average Bonchev–Trinajstić information content (AvgIpc) is 2.38. The molecule has 0 spiro atoms. The van der Waals surface area contributed by atoms with Crippen molar-refractivity contribution in [3.63, 3.8) is 0 Å². The van der Waals surface area contributed by atoms with Crippen molar-refractivity contribution in [2.24, 2.45) is 5.92 Å². The summed E-state index contributed by atoms with van der Waals surface area (Å²) in [6.07, 6.45) is 4.27. The largest absolute Gasteiger partial charge is 0.481 e. The third kappa shape index (κ3) is 6.33. The molecule has 0 aromatic heterocycles. The van der Waals surface area contributed by atoms with Gasteiger partial charge in [0.25, 0.3) is 0 Å². The lowest BCUT2D eigenvalue weighted by atomic mass is 9.87. The average molecular weight is 260 g/mol. The lowest BCUT2D eigenvalue weighted by molar-refractivity contribution is -0.143. The van der Waals surface area contributed by atoms with Crippen molar-refractivity contribution in [2.45, 2.75) is 38.2 Å². The number of methoxy groups -OCH3 is 1. The van der Waals surface area contributed by atoms with Crippen molar-refractivity contribution in [3.8, 4) is 0 Å². The summed E-state index contributed by atoms with van der Waals surface area (Å²) in [5, 5.41) is 8.87. The highest BCUT2D eigenvalue weighted by Gasteiger charge is 2.25. The highest BCUT2D eigenvalue weighted by molar-refractivity contribution is 5.69. The number of carbonyl (C=O) groups is 1. The first-order valence-corrected chi connectivity index (χ1v) is 6.65. The van der Waals surface area contributed by atoms with Gasteiger partial charge in [-0.05, 0) is 32.1 Å². The van der Waals surface area contributed by atoms with Gasteiger partial charge in [0.05, 0.1) is 25.2 Å². The molecule has 0 aromatic rings. The van der Waals surface area contributed by atoms with Crippen molar-refractivity contribution in [1.29, 1.82) is 0 Å². The summed E-state index contributed by atoms with van der Waals surface area (Å²) in [6.45, 7) is 2.61. The molecule has 1 N–H and O–H groups in total. The van der Waals surface area contributed by atoms with Gasteiger partial charge in [-0.15, -0.1) is 0 Å². The number of hydrogen-bond donors (Lipinski definition) is 1. The Morgan fingerprint density at radius 2 is 1.83 bits per heavy atom. The van der Waals surface area contributed by atoms with Gasteiger partial charge in [-0.3, -0.25) is 4.79 Å². The van der Waals surface area contributed by atoms with Gasteiger partial charge < -0.3 is 19.3 Å². The number of carboxylic acids is 1. The van der Waals surface area contributed by atoms with Crippen LogP contribution in [0.1, 0.15) is 32.1 Å². The monoisotopic (exact) mass is 260 g/mol. The Labute approximate surface area is 108 Å². The van der Waals surface area contributed by atoms with E-state index >= 15 is 0 Å². The molecule has 1 fully saturated rings. The molecule has 106 valence electrons. The summed E-state index contributed by atoms with van der Waals surface area (Å²) in [6, 6.07) is 0. The molecule has 0 unspecified atom stereocenters. The van der Waals surface area contributed by atoms with Gasteiger partial charge in [0.15, 0.2) is 0 Å². The maximum atomic E-state index is 10.8. The molecule has 0 aromatic carbocycles. The third-order valence-corrected chi connectivity index (χ3v) is 3.24. The van der Waals surface area contributed by atoms with E-state index in [4.69, 9.17) is 19.3 Å². The number of hydrogen-bond acceptors (Lipinski definition) is 4. The summed E-state index contributed by atoms with van der Waals surface area (Å²) >= 11 is 0. The van der Waals surface area contributed by atoms with Gasteiger partial charge in [0.2, 0.25) is 0 Å². The fourth-order valence-electron chi connectivity index (χ4n) is 2.16. The van der Waals surface area contributed by atoms with Crippen LogP contribution in [0.5, 0.6) is 0 Å². The van der Waals surface area contributed by atoms with Crippen LogP contribution >= 0.6 is 0 Å². The summed E-state index contributed by atoms with van der Waals surface area (Å²) in [5.41, 5.74) is 0. The first kappa shape index (κ1) is 15.4. The Kier molecular flexibility index (Phi) is 7.96. The quantitative estimate of drug-likeness (QED) is 0.639. The van der Waals surface area contributed by atoms with Crippen LogP contribution < -0.4 is 0 Å². The molecule has 1 saturated carbocycles. The van der Waals surface area contributed by atoms with E-state index in [0.29, 0.717) is 19.8 Å². The van der Waals surface area contributed by atoms with Gasteiger partial charge in [0.1, 0.15) is 0 Å². The topological polar surface area (TPSA) is 65.0 Å². The Bertz CT molecular complexity index is 223. The highest BCUT2D eigenvalue weighted by Crippen LogP contribution is 2.26. The van der Waals surface area contributed by atoms with Crippen molar-refractivity contribution in [3.05, 3.63) is 0 Å². The minimum Gasteiger partial charge on any atom is -0.481 e. The Balaban J connectivity index is 1.93. The normalized spacial score (nSPS) is 24.1. The van der Waals surface area contributed by atoms with Crippen LogP contribution in [-0.4, -0.2) is 50.7 Å². The SMILES string of the molecule is COCCCOCCOC1CCC(C(=O)O)CC1. The second kappa shape index (κ2) is 9.30. The van der Waals surface area contributed by atoms with Crippen LogP contribution in [-0.2, 0) is 19.0 Å². The van der Waals surface area contributed by atoms with Crippen LogP contribution in [0.2, 0.25) is 0 Å². The zero-order valence-electron chi connectivity index (χ0n) is 11.1. The second-order valence-electron chi connectivity index (χ2n) is 4.64. The summed E-state index contributed by atoms with van der Waals surface area (Å²) in [5.74, 6) is -0.843. The van der Waals surface area contributed by atoms with Gasteiger partial charge in [-0.1, -0.05) is 0 Å². The Morgan fingerprint density at radius 1 is 1.11 bits per heavy atom. The van der Waals surface area contributed by atoms with Gasteiger partial charge in [-0.25, -0.2) is 0 Å². The van der Waals surface area contributed by atoms with Crippen molar-refractivity contribution in [1.82, 2.24) is 0 Å². The highest BCUT2D eigenvalue weighted by atomic mass is 16.5. The van der Waals surface area contributed by atoms with E-state index in [2.05, 4.69) is 0 Å². The molecule has 0 atom stereocenters. The Morgan fingerprint density at radius 3 is 2.44 bits per heavy atom. The standard InChI is InChI=1S/C13H24O5/c1-16-7-2-8-17-9-10-18-12-5-3-11(4-6-12)13(14)15/h11-12H,2-10H2,1H3,(H,14,15). The molecule has 0 aliphatic heterocycles. The van der Waals surface area contributed by atoms with Crippen LogP contribution in [0.15, 0.2) is 0 Å². The lowest BCUT2D eigenvalue weighted by Crippen LogP contribution is -2.27. The number of rotatable bonds is 9. The first-order chi connectivity index (χ1) is 8.74. The number of aliphatic carboxylic acids is 1. The lowest BCUT2D eigenvalue weighted by Gasteiger charge is -2.26. The maximum Gasteiger partial charge on any atom is 0.306 e. The minimum atomic E-state index is -0.671. The second-order valence-corrected chi connectivity index (χ2v) is 4.64. The van der Waals surface area contributed by atoms with E-state index in [1.807, 2.05) is 0 Å². The molecule has 0 saturated heterocycles. The van der Waals surface area contributed by atoms with Crippen molar-refractivity contribution >= 4 is 5.97 Å². The summed E-state index contributed by atoms with van der Waals surface area (Å²) < 4.78 is 16.0. The molecule has 1 rings (SSSR count). The molecule has 0 bridgehead atoms. The molecule has 18 heavy (non-hydrogen) atoms. The molecule has 5 nitrogen and oxygen atoms in total. The molecule has 0 heterocycles. The van der Waals surface area contributed by atoms with Crippen molar-refractivity contribution in [2.75, 3.05) is 33.5 Å². The maximum absolute atomic E-state index is 10.8. The van der Waals surface area contributed by atoms with E-state index in [1.54, 1.807) is 7.11 Å². The van der Waals surface area contributed by atoms with E-state index in [9.17, 15) is 4.79 Å². The fraction of sp³-hybridized carbons (Fsp3) is 0.923. The molecule has 1 aliphatic carbocycles. The third-order valence-electron chi connectivity index (χ3n) is 3.24. The van der Waals surface area contributed by atoms with E-state index in [-0.39, 0.29) is 12.0 Å². The van der Waals surface area contributed by atoms with Gasteiger partial charge >= 0.3 is 5.97 Å². The van der Waals surface area contributed by atoms with Gasteiger partial charge in [0, 0.05) is 20.3 Å². The van der Waals surface area contributed by atoms with Crippen molar-refractivity contribution < 1.29 is 24.1 Å². The molecule has 5 heteroatoms. The smallest absolute Gasteiger partial charge is 0.306 e. The van der Waals surface area contributed by atoms with Crippen LogP contribution in [0.25, 0.3) is 0 Å². The number of carboxylic acid groups (broad SMARTS) is 1. The summed E-state index contributed by atoms with van der Waals surface area (Å²) in [4.78, 5) is 10.8. The fourth-order valence-corrected chi connectivity index (χ4v) is 2.16. The Hall–Kier alpha value is -0.650. The van der Waals surface area contributed by atoms with Crippen LogP contribution in [0, 0.1) is 5.92 Å². The zero-order chi connectivity index (χ0) is 13.2.